The first-order valence-corrected chi connectivity index (χ1v) is 18.8. The number of alkyl carbamates (subject to hydrolysis) is 1. The molecular formula is C30H47N5O6S2Si. The Morgan fingerprint density at radius 2 is 1.84 bits per heavy atom. The van der Waals surface area contributed by atoms with Crippen molar-refractivity contribution in [1.82, 2.24) is 19.9 Å². The van der Waals surface area contributed by atoms with Crippen molar-refractivity contribution in [1.29, 1.82) is 0 Å². The van der Waals surface area contributed by atoms with Crippen molar-refractivity contribution in [3.05, 3.63) is 29.4 Å². The van der Waals surface area contributed by atoms with Crippen LogP contribution in [0.3, 0.4) is 0 Å². The van der Waals surface area contributed by atoms with Gasteiger partial charge in [-0.3, -0.25) is 5.32 Å². The number of thiazole rings is 1. The van der Waals surface area contributed by atoms with Crippen LogP contribution in [0.4, 0.5) is 15.3 Å². The summed E-state index contributed by atoms with van der Waals surface area (Å²) in [4.78, 5) is 32.4. The Labute approximate surface area is 268 Å². The predicted octanol–water partition coefficient (Wildman–Crippen LogP) is 4.45. The molecule has 1 unspecified atom stereocenters. The van der Waals surface area contributed by atoms with E-state index in [0.717, 1.165) is 58.8 Å². The first-order chi connectivity index (χ1) is 20.6. The van der Waals surface area contributed by atoms with Crippen LogP contribution in [0, 0.1) is 0 Å². The Hall–Kier alpha value is -2.52. The first kappa shape index (κ1) is 34.4. The van der Waals surface area contributed by atoms with Crippen LogP contribution in [-0.4, -0.2) is 84.7 Å². The summed E-state index contributed by atoms with van der Waals surface area (Å²) in [5.74, 6) is 0.223. The van der Waals surface area contributed by atoms with Crippen LogP contribution in [0.2, 0.25) is 5.54 Å². The van der Waals surface area contributed by atoms with Crippen molar-refractivity contribution in [2.45, 2.75) is 107 Å². The lowest BCUT2D eigenvalue weighted by atomic mass is 9.86. The summed E-state index contributed by atoms with van der Waals surface area (Å²) in [6.45, 7) is 10.3. The maximum Gasteiger partial charge on any atom is 0.411 e. The van der Waals surface area contributed by atoms with E-state index in [2.05, 4.69) is 25.2 Å². The van der Waals surface area contributed by atoms with E-state index in [0.29, 0.717) is 23.4 Å². The van der Waals surface area contributed by atoms with Crippen LogP contribution < -0.4 is 15.4 Å². The molecule has 2 amide bonds. The largest absolute Gasteiger partial charge is 0.448 e. The molecule has 4 rings (SSSR count). The van der Waals surface area contributed by atoms with E-state index < -0.39 is 21.7 Å². The molecule has 0 spiro atoms. The Morgan fingerprint density at radius 3 is 2.45 bits per heavy atom. The van der Waals surface area contributed by atoms with E-state index in [9.17, 15) is 18.0 Å². The highest BCUT2D eigenvalue weighted by atomic mass is 32.2. The second kappa shape index (κ2) is 14.3. The minimum absolute atomic E-state index is 0.0622. The number of likely N-dealkylation sites (tertiary alicyclic amines) is 1. The van der Waals surface area contributed by atoms with Gasteiger partial charge in [-0.05, 0) is 98.0 Å². The fourth-order valence-corrected chi connectivity index (χ4v) is 9.61. The van der Waals surface area contributed by atoms with Gasteiger partial charge in [-0.25, -0.2) is 27.7 Å². The quantitative estimate of drug-likeness (QED) is 0.334. The van der Waals surface area contributed by atoms with Gasteiger partial charge < -0.3 is 19.7 Å². The highest BCUT2D eigenvalue weighted by Crippen LogP contribution is 2.40. The molecule has 14 heteroatoms. The highest BCUT2D eigenvalue weighted by Gasteiger charge is 2.31. The molecule has 1 saturated carbocycles. The summed E-state index contributed by atoms with van der Waals surface area (Å²) in [5, 5.41) is 6.61. The summed E-state index contributed by atoms with van der Waals surface area (Å²) in [7, 11) is -0.874. The Morgan fingerprint density at radius 1 is 1.14 bits per heavy atom. The fourth-order valence-electron chi connectivity index (χ4n) is 5.79. The molecule has 3 N–H and O–H groups in total. The molecule has 2 heterocycles. The number of rotatable bonds is 9. The number of nitrogens with one attached hydrogen (secondary N) is 3. The average Bonchev–Trinajstić information content (AvgIpc) is 3.53. The lowest BCUT2D eigenvalue weighted by Gasteiger charge is -2.28. The molecule has 11 nitrogen and oxygen atoms in total. The second-order valence-corrected chi connectivity index (χ2v) is 17.5. The zero-order chi connectivity index (χ0) is 32.2. The molecule has 1 aliphatic carbocycles. The van der Waals surface area contributed by atoms with Gasteiger partial charge in [0.1, 0.15) is 6.61 Å². The number of hydrogen-bond donors (Lipinski definition) is 3. The molecule has 44 heavy (non-hydrogen) atoms. The van der Waals surface area contributed by atoms with E-state index in [-0.39, 0.29) is 35.1 Å². The lowest BCUT2D eigenvalue weighted by molar-refractivity contribution is 0.109. The van der Waals surface area contributed by atoms with Gasteiger partial charge in [0.25, 0.3) is 0 Å². The monoisotopic (exact) mass is 665 g/mol. The van der Waals surface area contributed by atoms with Crippen molar-refractivity contribution in [3.63, 3.8) is 0 Å². The number of hydrogen-bond acceptors (Lipinski definition) is 9. The van der Waals surface area contributed by atoms with Gasteiger partial charge in [0.15, 0.2) is 0 Å². The number of benzene rings is 1. The molecule has 2 aromatic rings. The number of sulfonamides is 1. The van der Waals surface area contributed by atoms with E-state index >= 15 is 0 Å². The van der Waals surface area contributed by atoms with E-state index in [4.69, 9.17) is 9.47 Å². The van der Waals surface area contributed by atoms with E-state index in [1.165, 1.54) is 17.4 Å². The van der Waals surface area contributed by atoms with Gasteiger partial charge >= 0.3 is 12.2 Å². The van der Waals surface area contributed by atoms with Crippen molar-refractivity contribution in [2.24, 2.45) is 0 Å². The number of carbonyl (C=O) groups is 2. The average molecular weight is 666 g/mol. The Kier molecular flexibility index (Phi) is 11.1. The van der Waals surface area contributed by atoms with Crippen LogP contribution in [0.1, 0.15) is 77.6 Å². The van der Waals surface area contributed by atoms with Gasteiger partial charge in [-0.15, -0.1) is 11.3 Å². The van der Waals surface area contributed by atoms with Gasteiger partial charge in [0, 0.05) is 51.2 Å². The Balaban J connectivity index is 1.49. The second-order valence-electron chi connectivity index (χ2n) is 13.3. The SMILES string of the molecule is CC(C)OC(=O)NC1CCC(c2ncc(-c3ccc(NC(=O)OC[C@@H]4C([SiH3])CCN4C)cc3S(=O)(=O)NC(C)(C)C)s2)CC1. The number of aromatic nitrogens is 1. The zero-order valence-corrected chi connectivity index (χ0v) is 30.4. The van der Waals surface area contributed by atoms with E-state index in [1.807, 2.05) is 20.9 Å². The normalized spacial score (nSPS) is 23.1. The zero-order valence-electron chi connectivity index (χ0n) is 26.8. The summed E-state index contributed by atoms with van der Waals surface area (Å²) in [5.41, 5.74) is 0.708. The van der Waals surface area contributed by atoms with Crippen LogP contribution in [0.15, 0.2) is 29.3 Å². The van der Waals surface area contributed by atoms with Crippen molar-refractivity contribution < 1.29 is 27.5 Å². The number of ether oxygens (including phenoxy) is 2. The third kappa shape index (κ3) is 9.25. The third-order valence-electron chi connectivity index (χ3n) is 8.03. The van der Waals surface area contributed by atoms with Gasteiger partial charge in [-0.2, -0.15) is 0 Å². The van der Waals surface area contributed by atoms with Gasteiger partial charge in [0.2, 0.25) is 10.0 Å². The Bertz CT molecular complexity index is 1410. The maximum absolute atomic E-state index is 13.6. The van der Waals surface area contributed by atoms with Crippen LogP contribution in [0.5, 0.6) is 0 Å². The fraction of sp³-hybridized carbons (Fsp3) is 0.633. The molecule has 1 aromatic heterocycles. The van der Waals surface area contributed by atoms with Gasteiger partial charge in [0.05, 0.1) is 20.9 Å². The molecule has 1 aliphatic heterocycles. The minimum atomic E-state index is -3.96. The predicted molar refractivity (Wildman–Crippen MR) is 177 cm³/mol. The first-order valence-electron chi connectivity index (χ1n) is 15.4. The third-order valence-corrected chi connectivity index (χ3v) is 12.4. The lowest BCUT2D eigenvalue weighted by Crippen LogP contribution is -2.40. The smallest absolute Gasteiger partial charge is 0.411 e. The van der Waals surface area contributed by atoms with Crippen LogP contribution in [-0.2, 0) is 19.5 Å². The topological polar surface area (TPSA) is 139 Å². The summed E-state index contributed by atoms with van der Waals surface area (Å²) in [6.07, 6.45) is 5.03. The standard InChI is InChI=1S/C30H47N5O6S2Si/c1-18(2)41-29(37)32-20-9-7-19(8-10-20)27-31-16-24(42-27)22-12-11-21(15-25(22)43(38,39)34-30(3,4)5)33-28(36)40-17-23-26(44)13-14-35(23)6/h11-12,15-16,18-20,23,26,34H,7-10,13-14,17H2,1-6,44H3,(H,32,37)(H,33,36)/t19?,20?,23-,26?/m1/s1. The number of carbonyl (C=O) groups excluding carboxylic acids is 2. The highest BCUT2D eigenvalue weighted by molar-refractivity contribution is 7.89. The molecule has 2 atom stereocenters. The van der Waals surface area contributed by atoms with Crippen LogP contribution >= 0.6 is 11.3 Å². The summed E-state index contributed by atoms with van der Waals surface area (Å²) in [6, 6.07) is 5.16. The summed E-state index contributed by atoms with van der Waals surface area (Å²) < 4.78 is 40.8. The van der Waals surface area contributed by atoms with Crippen molar-refractivity contribution >= 4 is 49.5 Å². The molecule has 2 fully saturated rings. The number of nitrogens with zero attached hydrogens (tertiary/aromatic N) is 2. The molecule has 0 radical (unpaired) electrons. The molecule has 244 valence electrons. The molecule has 2 aliphatic rings. The minimum Gasteiger partial charge on any atom is -0.448 e. The van der Waals surface area contributed by atoms with E-state index in [1.54, 1.807) is 39.1 Å². The maximum atomic E-state index is 13.6. The number of likely N-dealkylation sites (N-methyl/N-ethyl adjacent to an activating group) is 1. The van der Waals surface area contributed by atoms with Crippen molar-refractivity contribution in [3.8, 4) is 10.4 Å². The molecular weight excluding hydrogens is 619 g/mol. The molecule has 1 saturated heterocycles. The summed E-state index contributed by atoms with van der Waals surface area (Å²) >= 11 is 1.48. The number of anilines is 1. The van der Waals surface area contributed by atoms with Crippen LogP contribution in [0.25, 0.3) is 10.4 Å². The molecule has 1 aromatic carbocycles. The van der Waals surface area contributed by atoms with Gasteiger partial charge in [-0.1, -0.05) is 6.07 Å². The molecule has 0 bridgehead atoms. The van der Waals surface area contributed by atoms with Crippen molar-refractivity contribution in [2.75, 3.05) is 25.5 Å². The number of amides is 2.